The van der Waals surface area contributed by atoms with Gasteiger partial charge in [0.1, 0.15) is 0 Å². The number of H-pyrrole nitrogens is 1. The first-order valence-corrected chi connectivity index (χ1v) is 13.0. The lowest BCUT2D eigenvalue weighted by atomic mass is 10.0. The topological polar surface area (TPSA) is 50.7 Å². The molecule has 0 atom stereocenters. The third-order valence-corrected chi connectivity index (χ3v) is 7.37. The van der Waals surface area contributed by atoms with Gasteiger partial charge in [0.15, 0.2) is 5.16 Å². The van der Waals surface area contributed by atoms with Gasteiger partial charge < -0.3 is 4.98 Å². The minimum Gasteiger partial charge on any atom is -0.332 e. The van der Waals surface area contributed by atoms with E-state index in [9.17, 15) is 4.79 Å². The van der Waals surface area contributed by atoms with E-state index in [1.807, 2.05) is 41.0 Å². The molecule has 0 radical (unpaired) electrons. The maximum atomic E-state index is 13.5. The zero-order valence-corrected chi connectivity index (χ0v) is 21.0. The van der Waals surface area contributed by atoms with Gasteiger partial charge in [-0.1, -0.05) is 108 Å². The number of nitrogens with one attached hydrogen (secondary N) is 1. The predicted octanol–water partition coefficient (Wildman–Crippen LogP) is 7.90. The van der Waals surface area contributed by atoms with E-state index in [1.165, 1.54) is 22.9 Å². The average molecular weight is 488 g/mol. The average Bonchev–Trinajstić information content (AvgIpc) is 3.48. The summed E-state index contributed by atoms with van der Waals surface area (Å²) < 4.78 is 1.84. The van der Waals surface area contributed by atoms with E-state index >= 15 is 0 Å². The molecule has 0 spiro atoms. The molecule has 0 saturated carbocycles. The minimum atomic E-state index is 0.0302. The largest absolute Gasteiger partial charge is 0.332 e. The van der Waals surface area contributed by atoms with Gasteiger partial charge >= 0.3 is 0 Å². The normalized spacial score (nSPS) is 11.4. The standard InChI is InChI=1S/C31H25N3OS/c1-20-11-15-22(16-12-20)29-30(23-17-13-21(2)14-18-23)33-31(32-29)36-19-28(35)34-26-9-5-3-7-24(26)25-8-4-6-10-27(25)34/h3-18H,19H2,1-2H3,(H,32,33). The number of imidazole rings is 1. The number of nitrogens with zero attached hydrogens (tertiary/aromatic N) is 2. The Labute approximate surface area is 214 Å². The number of benzene rings is 4. The Hall–Kier alpha value is -4.09. The first kappa shape index (κ1) is 22.4. The van der Waals surface area contributed by atoms with Crippen LogP contribution >= 0.6 is 11.8 Å². The quantitative estimate of drug-likeness (QED) is 0.251. The maximum absolute atomic E-state index is 13.5. The number of aromatic amines is 1. The van der Waals surface area contributed by atoms with Gasteiger partial charge in [0.05, 0.1) is 28.2 Å². The number of aromatic nitrogens is 3. The number of thioether (sulfide) groups is 1. The van der Waals surface area contributed by atoms with Crippen molar-refractivity contribution in [2.24, 2.45) is 0 Å². The van der Waals surface area contributed by atoms with Gasteiger partial charge in [-0.15, -0.1) is 0 Å². The van der Waals surface area contributed by atoms with Gasteiger partial charge in [0, 0.05) is 21.9 Å². The molecule has 6 rings (SSSR count). The molecule has 0 aliphatic rings. The van der Waals surface area contributed by atoms with Gasteiger partial charge in [0.2, 0.25) is 5.91 Å². The van der Waals surface area contributed by atoms with Gasteiger partial charge in [-0.05, 0) is 26.0 Å². The van der Waals surface area contributed by atoms with Crippen LogP contribution in [0.15, 0.2) is 102 Å². The summed E-state index contributed by atoms with van der Waals surface area (Å²) in [5, 5.41) is 2.91. The van der Waals surface area contributed by atoms with Gasteiger partial charge in [-0.2, -0.15) is 0 Å². The second kappa shape index (κ2) is 9.17. The Bertz CT molecular complexity index is 1590. The Balaban J connectivity index is 1.35. The lowest BCUT2D eigenvalue weighted by Crippen LogP contribution is -2.12. The fraction of sp³-hybridized carbons (Fsp3) is 0.0968. The van der Waals surface area contributed by atoms with Crippen molar-refractivity contribution in [2.75, 3.05) is 5.75 Å². The van der Waals surface area contributed by atoms with E-state index in [1.54, 1.807) is 0 Å². The van der Waals surface area contributed by atoms with Crippen LogP contribution in [-0.4, -0.2) is 26.2 Å². The van der Waals surface area contributed by atoms with Crippen molar-refractivity contribution >= 4 is 39.5 Å². The summed E-state index contributed by atoms with van der Waals surface area (Å²) in [5.41, 5.74) is 8.27. The van der Waals surface area contributed by atoms with Gasteiger partial charge in [-0.25, -0.2) is 4.98 Å². The number of hydrogen-bond donors (Lipinski definition) is 1. The van der Waals surface area contributed by atoms with Crippen LogP contribution in [0.3, 0.4) is 0 Å². The zero-order chi connectivity index (χ0) is 24.6. The molecule has 2 heterocycles. The number of aryl methyl sites for hydroxylation is 2. The Morgan fingerprint density at radius 1 is 0.750 bits per heavy atom. The van der Waals surface area contributed by atoms with Crippen LogP contribution in [0.4, 0.5) is 0 Å². The molecular weight excluding hydrogens is 462 g/mol. The molecule has 0 amide bonds. The maximum Gasteiger partial charge on any atom is 0.242 e. The molecule has 0 saturated heterocycles. The highest BCUT2D eigenvalue weighted by atomic mass is 32.2. The molecule has 0 aliphatic heterocycles. The molecule has 4 nitrogen and oxygen atoms in total. The van der Waals surface area contributed by atoms with Crippen molar-refractivity contribution in [3.8, 4) is 22.5 Å². The van der Waals surface area contributed by atoms with Crippen molar-refractivity contribution in [1.29, 1.82) is 0 Å². The summed E-state index contributed by atoms with van der Waals surface area (Å²) in [4.78, 5) is 21.9. The first-order chi connectivity index (χ1) is 17.6. The molecule has 4 aromatic carbocycles. The third-order valence-electron chi connectivity index (χ3n) is 6.51. The second-order valence-electron chi connectivity index (χ2n) is 9.05. The van der Waals surface area contributed by atoms with Crippen LogP contribution in [0.25, 0.3) is 44.3 Å². The summed E-state index contributed by atoms with van der Waals surface area (Å²) in [6.45, 7) is 4.16. The highest BCUT2D eigenvalue weighted by molar-refractivity contribution is 7.99. The van der Waals surface area contributed by atoms with Gasteiger partial charge in [-0.3, -0.25) is 9.36 Å². The van der Waals surface area contributed by atoms with Crippen molar-refractivity contribution in [3.63, 3.8) is 0 Å². The van der Waals surface area contributed by atoms with E-state index < -0.39 is 0 Å². The Morgan fingerprint density at radius 3 is 1.86 bits per heavy atom. The molecule has 0 unspecified atom stereocenters. The number of fused-ring (bicyclic) bond motifs is 3. The highest BCUT2D eigenvalue weighted by Crippen LogP contribution is 2.34. The molecule has 0 bridgehead atoms. The van der Waals surface area contributed by atoms with E-state index in [4.69, 9.17) is 4.98 Å². The van der Waals surface area contributed by atoms with Crippen LogP contribution in [-0.2, 0) is 0 Å². The highest BCUT2D eigenvalue weighted by Gasteiger charge is 2.18. The van der Waals surface area contributed by atoms with E-state index in [-0.39, 0.29) is 11.7 Å². The molecule has 1 N–H and O–H groups in total. The Kier molecular flexibility index (Phi) is 5.70. The fourth-order valence-electron chi connectivity index (χ4n) is 4.66. The summed E-state index contributed by atoms with van der Waals surface area (Å²) >= 11 is 1.44. The molecule has 0 aliphatic carbocycles. The van der Waals surface area contributed by atoms with E-state index in [2.05, 4.69) is 79.5 Å². The van der Waals surface area contributed by atoms with Crippen LogP contribution in [0.1, 0.15) is 15.9 Å². The zero-order valence-electron chi connectivity index (χ0n) is 20.2. The predicted molar refractivity (Wildman–Crippen MR) is 150 cm³/mol. The summed E-state index contributed by atoms with van der Waals surface area (Å²) in [5.74, 6) is 0.305. The number of carbonyl (C=O) groups excluding carboxylic acids is 1. The van der Waals surface area contributed by atoms with Gasteiger partial charge in [0.25, 0.3) is 0 Å². The smallest absolute Gasteiger partial charge is 0.242 e. The van der Waals surface area contributed by atoms with Crippen LogP contribution in [0, 0.1) is 13.8 Å². The fourth-order valence-corrected chi connectivity index (χ4v) is 5.37. The minimum absolute atomic E-state index is 0.0302. The number of hydrogen-bond acceptors (Lipinski definition) is 3. The SMILES string of the molecule is Cc1ccc(-c2nc(SCC(=O)n3c4ccccc4c4ccccc43)[nH]c2-c2ccc(C)cc2)cc1. The summed E-state index contributed by atoms with van der Waals surface area (Å²) in [7, 11) is 0. The van der Waals surface area contributed by atoms with Crippen molar-refractivity contribution < 1.29 is 4.79 Å². The molecule has 36 heavy (non-hydrogen) atoms. The second-order valence-corrected chi connectivity index (χ2v) is 10.0. The number of para-hydroxylation sites is 2. The molecular formula is C31H25N3OS. The summed E-state index contributed by atoms with van der Waals surface area (Å²) in [6.07, 6.45) is 0. The van der Waals surface area contributed by atoms with Crippen molar-refractivity contribution in [3.05, 3.63) is 108 Å². The lowest BCUT2D eigenvalue weighted by Gasteiger charge is -2.05. The molecule has 2 aromatic heterocycles. The van der Waals surface area contributed by atoms with Crippen molar-refractivity contribution in [1.82, 2.24) is 14.5 Å². The van der Waals surface area contributed by atoms with Crippen LogP contribution in [0.5, 0.6) is 0 Å². The molecule has 176 valence electrons. The van der Waals surface area contributed by atoms with Crippen LogP contribution < -0.4 is 0 Å². The van der Waals surface area contributed by atoms with Crippen LogP contribution in [0.2, 0.25) is 0 Å². The number of carbonyl (C=O) groups is 1. The third kappa shape index (κ3) is 4.01. The van der Waals surface area contributed by atoms with Crippen molar-refractivity contribution in [2.45, 2.75) is 19.0 Å². The summed E-state index contributed by atoms with van der Waals surface area (Å²) in [6, 6.07) is 33.0. The van der Waals surface area contributed by atoms with E-state index in [0.717, 1.165) is 49.5 Å². The molecule has 0 fully saturated rings. The Morgan fingerprint density at radius 2 is 1.28 bits per heavy atom. The molecule has 5 heteroatoms. The monoisotopic (exact) mass is 487 g/mol. The number of rotatable bonds is 5. The lowest BCUT2D eigenvalue weighted by molar-refractivity contribution is 0.0951. The first-order valence-electron chi connectivity index (χ1n) is 12.0. The van der Waals surface area contributed by atoms with E-state index in [0.29, 0.717) is 0 Å². The molecule has 6 aromatic rings.